The summed E-state index contributed by atoms with van der Waals surface area (Å²) in [5.41, 5.74) is 0.715. The monoisotopic (exact) mass is 403 g/mol. The van der Waals surface area contributed by atoms with Gasteiger partial charge in [-0.15, -0.1) is 0 Å². The number of hydrogen-bond acceptors (Lipinski definition) is 5. The van der Waals surface area contributed by atoms with Crippen LogP contribution in [0.5, 0.6) is 0 Å². The van der Waals surface area contributed by atoms with E-state index in [-0.39, 0.29) is 42.5 Å². The lowest BCUT2D eigenvalue weighted by Crippen LogP contribution is -2.47. The highest BCUT2D eigenvalue weighted by Crippen LogP contribution is 2.24. The third-order valence-electron chi connectivity index (χ3n) is 5.49. The van der Waals surface area contributed by atoms with Gasteiger partial charge >= 0.3 is 0 Å². The van der Waals surface area contributed by atoms with Crippen LogP contribution in [0.4, 0.5) is 0 Å². The molecule has 0 spiro atoms. The third-order valence-corrected chi connectivity index (χ3v) is 6.72. The van der Waals surface area contributed by atoms with Crippen LogP contribution < -0.4 is 0 Å². The number of hydrogen-bond donors (Lipinski definition) is 0. The second kappa shape index (κ2) is 7.46. The van der Waals surface area contributed by atoms with Gasteiger partial charge in [0.25, 0.3) is 11.8 Å². The first-order valence-corrected chi connectivity index (χ1v) is 10.8. The SMILES string of the molecule is O=C([C@@H]1CCCN1C(=O)CCN1C(=O)c2ccccc2C1=O)N1CCS(=O)C1. The van der Waals surface area contributed by atoms with E-state index in [2.05, 4.69) is 0 Å². The van der Waals surface area contributed by atoms with Crippen LogP contribution >= 0.6 is 0 Å². The molecule has 3 aliphatic rings. The van der Waals surface area contributed by atoms with Crippen molar-refractivity contribution in [2.75, 3.05) is 31.3 Å². The minimum absolute atomic E-state index is 0.00365. The Labute approximate surface area is 164 Å². The molecule has 1 aromatic carbocycles. The predicted octanol–water partition coefficient (Wildman–Crippen LogP) is 0.212. The van der Waals surface area contributed by atoms with Crippen molar-refractivity contribution in [3.05, 3.63) is 35.4 Å². The van der Waals surface area contributed by atoms with E-state index in [1.54, 1.807) is 34.1 Å². The zero-order chi connectivity index (χ0) is 19.8. The Hall–Kier alpha value is -2.55. The van der Waals surface area contributed by atoms with Crippen molar-refractivity contribution in [1.29, 1.82) is 0 Å². The molecule has 2 fully saturated rings. The molecule has 3 aliphatic heterocycles. The Bertz CT molecular complexity index is 851. The maximum atomic E-state index is 12.7. The fraction of sp³-hybridized carbons (Fsp3) is 0.474. The van der Waals surface area contributed by atoms with Gasteiger partial charge in [0.15, 0.2) is 0 Å². The lowest BCUT2D eigenvalue weighted by atomic mass is 10.1. The molecule has 8 nitrogen and oxygen atoms in total. The van der Waals surface area contributed by atoms with Crippen molar-refractivity contribution in [3.8, 4) is 0 Å². The van der Waals surface area contributed by atoms with Gasteiger partial charge in [0.2, 0.25) is 11.8 Å². The van der Waals surface area contributed by atoms with Crippen LogP contribution in [0.3, 0.4) is 0 Å². The van der Waals surface area contributed by atoms with Crippen LogP contribution in [0, 0.1) is 0 Å². The normalized spacial score (nSPS) is 24.2. The molecule has 0 N–H and O–H groups in total. The minimum atomic E-state index is -1.01. The summed E-state index contributed by atoms with van der Waals surface area (Å²) in [4.78, 5) is 54.5. The fourth-order valence-corrected chi connectivity index (χ4v) is 5.17. The number of carbonyl (C=O) groups is 4. The first-order valence-electron chi connectivity index (χ1n) is 9.36. The quantitative estimate of drug-likeness (QED) is 0.670. The van der Waals surface area contributed by atoms with E-state index in [4.69, 9.17) is 0 Å². The maximum absolute atomic E-state index is 12.7. The number of imide groups is 1. The molecule has 0 radical (unpaired) electrons. The van der Waals surface area contributed by atoms with Crippen molar-refractivity contribution in [3.63, 3.8) is 0 Å². The number of amides is 4. The van der Waals surface area contributed by atoms with E-state index in [0.717, 1.165) is 11.3 Å². The van der Waals surface area contributed by atoms with E-state index in [1.165, 1.54) is 0 Å². The van der Waals surface area contributed by atoms with E-state index in [0.29, 0.717) is 36.4 Å². The van der Waals surface area contributed by atoms with Gasteiger partial charge in [-0.05, 0) is 25.0 Å². The molecular weight excluding hydrogens is 382 g/mol. The Balaban J connectivity index is 1.38. The van der Waals surface area contributed by atoms with Crippen molar-refractivity contribution < 1.29 is 23.4 Å². The topological polar surface area (TPSA) is 95.1 Å². The number of fused-ring (bicyclic) bond motifs is 1. The number of rotatable bonds is 4. The summed E-state index contributed by atoms with van der Waals surface area (Å²) in [6.07, 6.45) is 1.30. The summed E-state index contributed by atoms with van der Waals surface area (Å²) in [5.74, 6) is -0.465. The predicted molar refractivity (Wildman–Crippen MR) is 101 cm³/mol. The van der Waals surface area contributed by atoms with Gasteiger partial charge in [-0.25, -0.2) is 0 Å². The highest BCUT2D eigenvalue weighted by Gasteiger charge is 2.39. The molecule has 4 rings (SSSR count). The van der Waals surface area contributed by atoms with Crippen LogP contribution in [0.15, 0.2) is 24.3 Å². The lowest BCUT2D eigenvalue weighted by molar-refractivity contribution is -0.143. The molecule has 28 heavy (non-hydrogen) atoms. The smallest absolute Gasteiger partial charge is 0.261 e. The van der Waals surface area contributed by atoms with Gasteiger partial charge in [0.05, 0.1) is 17.0 Å². The van der Waals surface area contributed by atoms with Gasteiger partial charge in [0.1, 0.15) is 6.04 Å². The summed E-state index contributed by atoms with van der Waals surface area (Å²) >= 11 is 0. The van der Waals surface area contributed by atoms with Crippen molar-refractivity contribution in [2.24, 2.45) is 0 Å². The van der Waals surface area contributed by atoms with Crippen molar-refractivity contribution in [1.82, 2.24) is 14.7 Å². The molecule has 148 valence electrons. The Morgan fingerprint density at radius 1 is 1.07 bits per heavy atom. The summed E-state index contributed by atoms with van der Waals surface area (Å²) in [6.45, 7) is 0.934. The first kappa shape index (κ1) is 18.8. The summed E-state index contributed by atoms with van der Waals surface area (Å²) in [7, 11) is -1.01. The van der Waals surface area contributed by atoms with E-state index < -0.39 is 16.8 Å². The van der Waals surface area contributed by atoms with Crippen molar-refractivity contribution >= 4 is 34.4 Å². The van der Waals surface area contributed by atoms with Gasteiger partial charge in [-0.3, -0.25) is 28.3 Å². The van der Waals surface area contributed by atoms with Gasteiger partial charge in [0, 0.05) is 42.6 Å². The molecule has 0 bridgehead atoms. The van der Waals surface area contributed by atoms with Crippen LogP contribution in [0.25, 0.3) is 0 Å². The van der Waals surface area contributed by atoms with E-state index in [9.17, 15) is 23.4 Å². The molecule has 1 unspecified atom stereocenters. The first-order chi connectivity index (χ1) is 13.5. The molecule has 2 saturated heterocycles. The summed E-state index contributed by atoms with van der Waals surface area (Å²) < 4.78 is 11.6. The minimum Gasteiger partial charge on any atom is -0.331 e. The van der Waals surface area contributed by atoms with Gasteiger partial charge in [-0.2, -0.15) is 0 Å². The summed E-state index contributed by atoms with van der Waals surface area (Å²) in [6, 6.07) is 6.07. The number of likely N-dealkylation sites (tertiary alicyclic amines) is 1. The second-order valence-electron chi connectivity index (χ2n) is 7.18. The molecular formula is C19H21N3O5S. The molecule has 0 saturated carbocycles. The Morgan fingerprint density at radius 2 is 1.75 bits per heavy atom. The van der Waals surface area contributed by atoms with Crippen LogP contribution in [-0.2, 0) is 20.4 Å². The molecule has 3 heterocycles. The maximum Gasteiger partial charge on any atom is 0.261 e. The Kier molecular flexibility index (Phi) is 5.01. The third kappa shape index (κ3) is 3.23. The zero-order valence-electron chi connectivity index (χ0n) is 15.3. The highest BCUT2D eigenvalue weighted by atomic mass is 32.2. The lowest BCUT2D eigenvalue weighted by Gasteiger charge is -2.27. The average Bonchev–Trinajstić information content (AvgIpc) is 3.40. The standard InChI is InChI=1S/C19H21N3O5S/c23-16(7-9-22-17(24)13-4-1-2-5-14(13)18(22)25)21-8-3-6-15(21)19(26)20-10-11-28(27)12-20/h1-2,4-5,15H,3,6-12H2/t15-,28?/m0/s1. The second-order valence-corrected chi connectivity index (χ2v) is 8.72. The fourth-order valence-electron chi connectivity index (χ4n) is 4.01. The molecule has 2 atom stereocenters. The number of carbonyl (C=O) groups excluding carboxylic acids is 4. The average molecular weight is 403 g/mol. The highest BCUT2D eigenvalue weighted by molar-refractivity contribution is 7.85. The molecule has 4 amide bonds. The van der Waals surface area contributed by atoms with Crippen LogP contribution in [0.2, 0.25) is 0 Å². The summed E-state index contributed by atoms with van der Waals surface area (Å²) in [5, 5.41) is 0. The number of nitrogens with zero attached hydrogens (tertiary/aromatic N) is 3. The Morgan fingerprint density at radius 3 is 2.36 bits per heavy atom. The van der Waals surface area contributed by atoms with Gasteiger partial charge in [-0.1, -0.05) is 12.1 Å². The van der Waals surface area contributed by atoms with Crippen LogP contribution in [-0.4, -0.2) is 79.8 Å². The van der Waals surface area contributed by atoms with Gasteiger partial charge < -0.3 is 9.80 Å². The number of benzene rings is 1. The van der Waals surface area contributed by atoms with E-state index >= 15 is 0 Å². The largest absolute Gasteiger partial charge is 0.331 e. The molecule has 9 heteroatoms. The molecule has 0 aromatic heterocycles. The van der Waals surface area contributed by atoms with E-state index in [1.807, 2.05) is 0 Å². The van der Waals surface area contributed by atoms with Crippen LogP contribution in [0.1, 0.15) is 40.0 Å². The molecule has 0 aliphatic carbocycles. The van der Waals surface area contributed by atoms with Crippen molar-refractivity contribution in [2.45, 2.75) is 25.3 Å². The zero-order valence-corrected chi connectivity index (χ0v) is 16.2. The molecule has 1 aromatic rings.